The van der Waals surface area contributed by atoms with Gasteiger partial charge in [0.1, 0.15) is 5.75 Å². The van der Waals surface area contributed by atoms with Gasteiger partial charge < -0.3 is 15.4 Å². The predicted molar refractivity (Wildman–Crippen MR) is 126 cm³/mol. The van der Waals surface area contributed by atoms with Gasteiger partial charge in [0.15, 0.2) is 0 Å². The van der Waals surface area contributed by atoms with E-state index in [2.05, 4.69) is 32.7 Å². The summed E-state index contributed by atoms with van der Waals surface area (Å²) in [5.74, 6) is 2.55. The average molecular weight is 467 g/mol. The minimum Gasteiger partial charge on any atom is -0.495 e. The molecule has 1 saturated heterocycles. The van der Waals surface area contributed by atoms with E-state index in [1.165, 1.54) is 0 Å². The number of benzene rings is 1. The number of piperidine rings is 1. The second-order valence-corrected chi connectivity index (χ2v) is 8.53. The molecule has 1 aromatic rings. The Morgan fingerprint density at radius 2 is 2.06 bits per heavy atom. The third-order valence-corrected chi connectivity index (χ3v) is 6.79. The van der Waals surface area contributed by atoms with Crippen molar-refractivity contribution in [3.05, 3.63) is 28.8 Å². The third kappa shape index (κ3) is 7.32. The van der Waals surface area contributed by atoms with Crippen LogP contribution in [0.4, 0.5) is 0 Å². The van der Waals surface area contributed by atoms with Crippen LogP contribution in [0.25, 0.3) is 0 Å². The minimum absolute atomic E-state index is 0.0695. The normalized spacial score (nSPS) is 15.9. The van der Waals surface area contributed by atoms with Crippen molar-refractivity contribution >= 4 is 35.4 Å². The van der Waals surface area contributed by atoms with Crippen LogP contribution in [-0.4, -0.2) is 73.2 Å². The first-order chi connectivity index (χ1) is 14.9. The van der Waals surface area contributed by atoms with Gasteiger partial charge in [-0.2, -0.15) is 0 Å². The van der Waals surface area contributed by atoms with Gasteiger partial charge in [-0.1, -0.05) is 41.6 Å². The molecule has 2 rings (SSSR count). The lowest BCUT2D eigenvalue weighted by molar-refractivity contribution is -0.126. The van der Waals surface area contributed by atoms with Crippen LogP contribution in [0, 0.1) is 12.3 Å². The molecule has 1 heterocycles. The number of likely N-dealkylation sites (tertiary alicyclic amines) is 1. The zero-order valence-corrected chi connectivity index (χ0v) is 19.9. The van der Waals surface area contributed by atoms with E-state index < -0.39 is 0 Å². The van der Waals surface area contributed by atoms with E-state index in [4.69, 9.17) is 22.8 Å². The Hall–Kier alpha value is -1.92. The van der Waals surface area contributed by atoms with Crippen molar-refractivity contribution in [2.75, 3.05) is 46.1 Å². The van der Waals surface area contributed by atoms with Crippen LogP contribution in [0.5, 0.6) is 5.75 Å². The van der Waals surface area contributed by atoms with Crippen LogP contribution >= 0.6 is 23.5 Å². The van der Waals surface area contributed by atoms with Crippen molar-refractivity contribution in [3.63, 3.8) is 0 Å². The molecule has 0 saturated carbocycles. The molecular weight excluding hydrogens is 436 g/mol. The molecule has 31 heavy (non-hydrogen) atoms. The molecule has 1 fully saturated rings. The van der Waals surface area contributed by atoms with Gasteiger partial charge in [0.25, 0.3) is 0 Å². The van der Waals surface area contributed by atoms with Crippen molar-refractivity contribution in [2.45, 2.75) is 31.8 Å². The molecule has 1 aliphatic rings. The molecule has 2 amide bonds. The van der Waals surface area contributed by atoms with E-state index >= 15 is 0 Å². The predicted octanol–water partition coefficient (Wildman–Crippen LogP) is 2.32. The molecular formula is C22H31ClN4O3S. The summed E-state index contributed by atoms with van der Waals surface area (Å²) in [5, 5.41) is 5.84. The second-order valence-electron chi connectivity index (χ2n) is 7.32. The molecule has 2 N–H and O–H groups in total. The number of hydrogen-bond acceptors (Lipinski definition) is 6. The van der Waals surface area contributed by atoms with Crippen molar-refractivity contribution in [1.29, 1.82) is 0 Å². The molecule has 0 spiro atoms. The summed E-state index contributed by atoms with van der Waals surface area (Å²) in [6, 6.07) is 6.34. The number of nitrogens with zero attached hydrogens (tertiary/aromatic N) is 2. The molecule has 7 nitrogen and oxygen atoms in total. The summed E-state index contributed by atoms with van der Waals surface area (Å²) in [6.45, 7) is 4.31. The van der Waals surface area contributed by atoms with Crippen LogP contribution < -0.4 is 15.4 Å². The van der Waals surface area contributed by atoms with E-state index in [-0.39, 0.29) is 37.5 Å². The fourth-order valence-electron chi connectivity index (χ4n) is 3.70. The highest BCUT2D eigenvalue weighted by Gasteiger charge is 2.29. The topological polar surface area (TPSA) is 73.9 Å². The molecule has 0 bridgehead atoms. The van der Waals surface area contributed by atoms with Gasteiger partial charge in [0.05, 0.1) is 31.8 Å². The Morgan fingerprint density at radius 1 is 1.35 bits per heavy atom. The second kappa shape index (κ2) is 12.8. The number of carbonyl (C=O) groups excluding carboxylic acids is 2. The molecule has 0 radical (unpaired) electrons. The Labute approximate surface area is 194 Å². The van der Waals surface area contributed by atoms with Crippen molar-refractivity contribution in [2.24, 2.45) is 0 Å². The molecule has 1 aliphatic heterocycles. The first-order valence-corrected chi connectivity index (χ1v) is 11.8. The van der Waals surface area contributed by atoms with Crippen molar-refractivity contribution in [3.8, 4) is 18.1 Å². The van der Waals surface area contributed by atoms with Gasteiger partial charge in [-0.25, -0.2) is 4.31 Å². The summed E-state index contributed by atoms with van der Waals surface area (Å²) in [4.78, 5) is 26.3. The van der Waals surface area contributed by atoms with Crippen LogP contribution in [0.3, 0.4) is 0 Å². The quantitative estimate of drug-likeness (QED) is 0.407. The number of ether oxygens (including phenoxy) is 1. The first kappa shape index (κ1) is 25.3. The maximum Gasteiger partial charge on any atom is 0.240 e. The Bertz CT molecular complexity index is 793. The van der Waals surface area contributed by atoms with Crippen LogP contribution in [0.2, 0.25) is 5.02 Å². The molecule has 0 aromatic heterocycles. The van der Waals surface area contributed by atoms with Gasteiger partial charge in [-0.15, -0.1) is 6.42 Å². The fourth-order valence-corrected chi connectivity index (χ4v) is 4.81. The van der Waals surface area contributed by atoms with Gasteiger partial charge in [0, 0.05) is 25.2 Å². The van der Waals surface area contributed by atoms with Gasteiger partial charge in [-0.05, 0) is 37.7 Å². The van der Waals surface area contributed by atoms with E-state index in [1.54, 1.807) is 19.1 Å². The van der Waals surface area contributed by atoms with Crippen LogP contribution in [0.15, 0.2) is 18.2 Å². The number of amides is 2. The first-order valence-electron chi connectivity index (χ1n) is 10.2. The van der Waals surface area contributed by atoms with Gasteiger partial charge in [0.2, 0.25) is 11.8 Å². The lowest BCUT2D eigenvalue weighted by atomic mass is 10.00. The summed E-state index contributed by atoms with van der Waals surface area (Å²) in [6.07, 6.45) is 8.97. The average Bonchev–Trinajstić information content (AvgIpc) is 2.79. The smallest absolute Gasteiger partial charge is 0.240 e. The summed E-state index contributed by atoms with van der Waals surface area (Å²) in [5.41, 5.74) is 1.06. The molecule has 170 valence electrons. The number of methoxy groups -OCH3 is 1. The van der Waals surface area contributed by atoms with E-state index in [9.17, 15) is 9.59 Å². The van der Waals surface area contributed by atoms with Crippen LogP contribution in [-0.2, 0) is 9.59 Å². The monoisotopic (exact) mass is 466 g/mol. The minimum atomic E-state index is -0.291. The van der Waals surface area contributed by atoms with Gasteiger partial charge >= 0.3 is 0 Å². The summed E-state index contributed by atoms with van der Waals surface area (Å²) >= 11 is 8.07. The number of halogens is 1. The summed E-state index contributed by atoms with van der Waals surface area (Å²) in [7, 11) is 1.62. The summed E-state index contributed by atoms with van der Waals surface area (Å²) < 4.78 is 7.44. The molecule has 1 aromatic carbocycles. The Kier molecular flexibility index (Phi) is 10.5. The highest BCUT2D eigenvalue weighted by atomic mass is 35.5. The van der Waals surface area contributed by atoms with Gasteiger partial charge in [-0.3, -0.25) is 14.5 Å². The SMILES string of the molecule is C#CCNC(=O)CNC(=O)CN(SC)C1CCN(C(C)c2cccc(OC)c2Cl)CC1. The largest absolute Gasteiger partial charge is 0.495 e. The maximum absolute atomic E-state index is 12.3. The number of nitrogens with one attached hydrogen (secondary N) is 2. The fraction of sp³-hybridized carbons (Fsp3) is 0.545. The van der Waals surface area contributed by atoms with Crippen molar-refractivity contribution in [1.82, 2.24) is 19.8 Å². The standard InChI is InChI=1S/C22H31ClN4O3S/c1-5-11-24-20(28)14-25-21(29)15-27(31-4)17-9-12-26(13-10-17)16(2)18-7-6-8-19(30-3)22(18)23/h1,6-8,16-17H,9-15H2,2-4H3,(H,24,28)(H,25,29). The maximum atomic E-state index is 12.3. The third-order valence-electron chi connectivity index (χ3n) is 5.48. The highest BCUT2D eigenvalue weighted by molar-refractivity contribution is 7.96. The molecule has 1 unspecified atom stereocenters. The van der Waals surface area contributed by atoms with E-state index in [1.807, 2.05) is 24.5 Å². The molecule has 0 aliphatic carbocycles. The number of hydrogen-bond donors (Lipinski definition) is 2. The zero-order valence-electron chi connectivity index (χ0n) is 18.3. The number of terminal acetylenes is 1. The number of rotatable bonds is 10. The Morgan fingerprint density at radius 3 is 2.68 bits per heavy atom. The number of carbonyl (C=O) groups is 2. The lowest BCUT2D eigenvalue weighted by Gasteiger charge is -2.40. The van der Waals surface area contributed by atoms with E-state index in [0.29, 0.717) is 16.8 Å². The molecule has 9 heteroatoms. The Balaban J connectivity index is 1.85. The molecule has 1 atom stereocenters. The van der Waals surface area contributed by atoms with Crippen LogP contribution in [0.1, 0.15) is 31.4 Å². The van der Waals surface area contributed by atoms with Crippen molar-refractivity contribution < 1.29 is 14.3 Å². The highest BCUT2D eigenvalue weighted by Crippen LogP contribution is 2.35. The van der Waals surface area contributed by atoms with E-state index in [0.717, 1.165) is 31.5 Å². The lowest BCUT2D eigenvalue weighted by Crippen LogP contribution is -2.47. The zero-order chi connectivity index (χ0) is 22.8.